The number of aliphatic hydroxyl groups excluding tert-OH is 1. The van der Waals surface area contributed by atoms with E-state index in [4.69, 9.17) is 5.11 Å². The van der Waals surface area contributed by atoms with E-state index < -0.39 is 0 Å². The molecule has 0 unspecified atom stereocenters. The van der Waals surface area contributed by atoms with Crippen LogP contribution in [0.15, 0.2) is 16.8 Å². The molecule has 0 aromatic carbocycles. The average Bonchev–Trinajstić information content (AvgIpc) is 2.39. The summed E-state index contributed by atoms with van der Waals surface area (Å²) in [6, 6.07) is 2.11. The Kier molecular flexibility index (Phi) is 2.68. The highest BCUT2D eigenvalue weighted by atomic mass is 32.1. The Hall–Kier alpha value is -0.340. The van der Waals surface area contributed by atoms with Crippen molar-refractivity contribution in [3.8, 4) is 0 Å². The summed E-state index contributed by atoms with van der Waals surface area (Å²) in [6.07, 6.45) is 0.965. The SMILES string of the molecule is CC(C)(CO)Cc1ccsc1. The fourth-order valence-electron chi connectivity index (χ4n) is 1.00. The van der Waals surface area contributed by atoms with Crippen LogP contribution < -0.4 is 0 Å². The molecule has 0 fully saturated rings. The highest BCUT2D eigenvalue weighted by Crippen LogP contribution is 2.21. The number of hydrogen-bond donors (Lipinski definition) is 1. The monoisotopic (exact) mass is 170 g/mol. The Bertz CT molecular complexity index is 201. The quantitative estimate of drug-likeness (QED) is 0.738. The van der Waals surface area contributed by atoms with E-state index in [0.717, 1.165) is 6.42 Å². The Morgan fingerprint density at radius 2 is 2.27 bits per heavy atom. The van der Waals surface area contributed by atoms with Gasteiger partial charge in [0.1, 0.15) is 0 Å². The smallest absolute Gasteiger partial charge is 0.0485 e. The summed E-state index contributed by atoms with van der Waals surface area (Å²) in [4.78, 5) is 0. The van der Waals surface area contributed by atoms with Crippen LogP contribution in [-0.4, -0.2) is 11.7 Å². The van der Waals surface area contributed by atoms with Crippen LogP contribution in [0, 0.1) is 5.41 Å². The van der Waals surface area contributed by atoms with Crippen LogP contribution >= 0.6 is 11.3 Å². The Morgan fingerprint density at radius 1 is 1.55 bits per heavy atom. The fourth-order valence-corrected chi connectivity index (χ4v) is 1.67. The zero-order chi connectivity index (χ0) is 8.32. The van der Waals surface area contributed by atoms with Crippen molar-refractivity contribution in [2.24, 2.45) is 5.41 Å². The zero-order valence-corrected chi connectivity index (χ0v) is 7.82. The van der Waals surface area contributed by atoms with Crippen molar-refractivity contribution in [1.82, 2.24) is 0 Å². The summed E-state index contributed by atoms with van der Waals surface area (Å²) in [5, 5.41) is 13.2. The van der Waals surface area contributed by atoms with Crippen LogP contribution in [-0.2, 0) is 6.42 Å². The van der Waals surface area contributed by atoms with Gasteiger partial charge in [-0.1, -0.05) is 13.8 Å². The summed E-state index contributed by atoms with van der Waals surface area (Å²) in [5.74, 6) is 0. The van der Waals surface area contributed by atoms with Gasteiger partial charge in [0.2, 0.25) is 0 Å². The summed E-state index contributed by atoms with van der Waals surface area (Å²) in [6.45, 7) is 4.40. The molecule has 0 saturated carbocycles. The molecule has 0 aliphatic heterocycles. The van der Waals surface area contributed by atoms with Crippen LogP contribution in [0.4, 0.5) is 0 Å². The lowest BCUT2D eigenvalue weighted by atomic mass is 9.88. The maximum atomic E-state index is 9.00. The van der Waals surface area contributed by atoms with Gasteiger partial charge in [-0.25, -0.2) is 0 Å². The lowest BCUT2D eigenvalue weighted by Crippen LogP contribution is -2.19. The maximum Gasteiger partial charge on any atom is 0.0485 e. The van der Waals surface area contributed by atoms with E-state index in [2.05, 4.69) is 30.7 Å². The van der Waals surface area contributed by atoms with E-state index in [1.807, 2.05) is 0 Å². The third-order valence-corrected chi connectivity index (χ3v) is 2.42. The second kappa shape index (κ2) is 3.37. The summed E-state index contributed by atoms with van der Waals surface area (Å²) in [7, 11) is 0. The van der Waals surface area contributed by atoms with E-state index >= 15 is 0 Å². The van der Waals surface area contributed by atoms with Crippen LogP contribution in [0.5, 0.6) is 0 Å². The number of thiophene rings is 1. The molecule has 2 heteroatoms. The van der Waals surface area contributed by atoms with E-state index in [0.29, 0.717) is 0 Å². The second-order valence-electron chi connectivity index (χ2n) is 3.63. The van der Waals surface area contributed by atoms with Crippen molar-refractivity contribution in [1.29, 1.82) is 0 Å². The first kappa shape index (κ1) is 8.75. The van der Waals surface area contributed by atoms with Crippen LogP contribution in [0.2, 0.25) is 0 Å². The molecule has 1 N–H and O–H groups in total. The molecule has 1 aromatic rings. The van der Waals surface area contributed by atoms with Gasteiger partial charge in [-0.2, -0.15) is 11.3 Å². The fraction of sp³-hybridized carbons (Fsp3) is 0.556. The summed E-state index contributed by atoms with van der Waals surface area (Å²) < 4.78 is 0. The Labute approximate surface area is 71.7 Å². The van der Waals surface area contributed by atoms with E-state index in [1.54, 1.807) is 11.3 Å². The molecule has 1 aromatic heterocycles. The topological polar surface area (TPSA) is 20.2 Å². The van der Waals surface area contributed by atoms with Gasteiger partial charge in [0.05, 0.1) is 0 Å². The minimum atomic E-state index is 0.0288. The summed E-state index contributed by atoms with van der Waals surface area (Å²) >= 11 is 1.71. The standard InChI is InChI=1S/C9H14OS/c1-9(2,7-10)5-8-3-4-11-6-8/h3-4,6,10H,5,7H2,1-2H3. The number of aliphatic hydroxyl groups is 1. The molecular weight excluding hydrogens is 156 g/mol. The minimum Gasteiger partial charge on any atom is -0.396 e. The van der Waals surface area contributed by atoms with Crippen LogP contribution in [0.1, 0.15) is 19.4 Å². The highest BCUT2D eigenvalue weighted by Gasteiger charge is 2.16. The van der Waals surface area contributed by atoms with Gasteiger partial charge in [0, 0.05) is 6.61 Å². The van der Waals surface area contributed by atoms with Gasteiger partial charge >= 0.3 is 0 Å². The molecule has 0 amide bonds. The van der Waals surface area contributed by atoms with Crippen molar-refractivity contribution in [3.63, 3.8) is 0 Å². The number of rotatable bonds is 3. The molecule has 0 radical (unpaired) electrons. The Balaban J connectivity index is 2.56. The zero-order valence-electron chi connectivity index (χ0n) is 7.00. The first-order valence-corrected chi connectivity index (χ1v) is 4.70. The lowest BCUT2D eigenvalue weighted by Gasteiger charge is -2.20. The molecule has 0 spiro atoms. The average molecular weight is 170 g/mol. The van der Waals surface area contributed by atoms with Crippen LogP contribution in [0.25, 0.3) is 0 Å². The van der Waals surface area contributed by atoms with E-state index in [-0.39, 0.29) is 12.0 Å². The molecule has 1 rings (SSSR count). The van der Waals surface area contributed by atoms with Gasteiger partial charge in [-0.05, 0) is 34.2 Å². The number of hydrogen-bond acceptors (Lipinski definition) is 2. The predicted octanol–water partition coefficient (Wildman–Crippen LogP) is 2.31. The van der Waals surface area contributed by atoms with Crippen molar-refractivity contribution in [3.05, 3.63) is 22.4 Å². The Morgan fingerprint density at radius 3 is 2.73 bits per heavy atom. The largest absolute Gasteiger partial charge is 0.396 e. The summed E-state index contributed by atoms with van der Waals surface area (Å²) in [5.41, 5.74) is 1.36. The first-order chi connectivity index (χ1) is 5.14. The maximum absolute atomic E-state index is 9.00. The highest BCUT2D eigenvalue weighted by molar-refractivity contribution is 7.07. The molecule has 0 bridgehead atoms. The molecule has 62 valence electrons. The molecule has 0 saturated heterocycles. The molecular formula is C9H14OS. The van der Waals surface area contributed by atoms with Crippen molar-refractivity contribution < 1.29 is 5.11 Å². The molecule has 1 nitrogen and oxygen atoms in total. The molecule has 0 aliphatic carbocycles. The third-order valence-electron chi connectivity index (χ3n) is 1.69. The third kappa shape index (κ3) is 2.64. The minimum absolute atomic E-state index is 0.0288. The second-order valence-corrected chi connectivity index (χ2v) is 4.41. The van der Waals surface area contributed by atoms with Gasteiger partial charge in [-0.15, -0.1) is 0 Å². The molecule has 11 heavy (non-hydrogen) atoms. The lowest BCUT2D eigenvalue weighted by molar-refractivity contribution is 0.160. The van der Waals surface area contributed by atoms with E-state index in [1.165, 1.54) is 5.56 Å². The molecule has 1 heterocycles. The normalized spacial score (nSPS) is 11.9. The van der Waals surface area contributed by atoms with E-state index in [9.17, 15) is 0 Å². The van der Waals surface area contributed by atoms with Gasteiger partial charge in [-0.3, -0.25) is 0 Å². The first-order valence-electron chi connectivity index (χ1n) is 3.76. The van der Waals surface area contributed by atoms with Crippen molar-refractivity contribution in [2.75, 3.05) is 6.61 Å². The van der Waals surface area contributed by atoms with Gasteiger partial charge in [0.15, 0.2) is 0 Å². The van der Waals surface area contributed by atoms with Crippen molar-refractivity contribution >= 4 is 11.3 Å². The molecule has 0 aliphatic rings. The van der Waals surface area contributed by atoms with Gasteiger partial charge < -0.3 is 5.11 Å². The molecule has 0 atom stereocenters. The van der Waals surface area contributed by atoms with Crippen LogP contribution in [0.3, 0.4) is 0 Å². The van der Waals surface area contributed by atoms with Crippen molar-refractivity contribution in [2.45, 2.75) is 20.3 Å². The van der Waals surface area contributed by atoms with Gasteiger partial charge in [0.25, 0.3) is 0 Å². The predicted molar refractivity (Wildman–Crippen MR) is 48.9 cm³/mol.